The fourth-order valence-corrected chi connectivity index (χ4v) is 4.03. The zero-order valence-corrected chi connectivity index (χ0v) is 12.1. The molecule has 0 saturated heterocycles. The summed E-state index contributed by atoms with van der Waals surface area (Å²) in [6, 6.07) is 13.3. The summed E-state index contributed by atoms with van der Waals surface area (Å²) in [5.41, 5.74) is 8.76. The minimum absolute atomic E-state index is 0.224. The van der Waals surface area contributed by atoms with Crippen LogP contribution in [0.4, 0.5) is 0 Å². The van der Waals surface area contributed by atoms with Gasteiger partial charge in [0, 0.05) is 41.0 Å². The first-order chi connectivity index (χ1) is 9.22. The second kappa shape index (κ2) is 5.43. The average molecular weight is 272 g/mol. The molecule has 1 aromatic heterocycles. The van der Waals surface area contributed by atoms with Gasteiger partial charge >= 0.3 is 0 Å². The SMILES string of the molecule is CC(N)Cc1cccn1CC1Cc2ccccc2S1. The molecule has 1 aliphatic rings. The lowest BCUT2D eigenvalue weighted by Crippen LogP contribution is -2.21. The number of aromatic nitrogens is 1. The molecule has 2 unspecified atom stereocenters. The van der Waals surface area contributed by atoms with Gasteiger partial charge in [-0.2, -0.15) is 0 Å². The van der Waals surface area contributed by atoms with E-state index in [1.54, 1.807) is 0 Å². The number of benzene rings is 1. The summed E-state index contributed by atoms with van der Waals surface area (Å²) in [5.74, 6) is 0. The monoisotopic (exact) mass is 272 g/mol. The molecule has 0 bridgehead atoms. The van der Waals surface area contributed by atoms with Gasteiger partial charge in [-0.15, -0.1) is 11.8 Å². The highest BCUT2D eigenvalue weighted by molar-refractivity contribution is 8.00. The van der Waals surface area contributed by atoms with Crippen LogP contribution in [0.1, 0.15) is 18.2 Å². The maximum Gasteiger partial charge on any atom is 0.0348 e. The highest BCUT2D eigenvalue weighted by atomic mass is 32.2. The largest absolute Gasteiger partial charge is 0.350 e. The van der Waals surface area contributed by atoms with Gasteiger partial charge in [0.2, 0.25) is 0 Å². The van der Waals surface area contributed by atoms with Crippen LogP contribution in [0, 0.1) is 0 Å². The second-order valence-corrected chi connectivity index (χ2v) is 6.73. The van der Waals surface area contributed by atoms with E-state index in [2.05, 4.69) is 54.1 Å². The molecule has 19 heavy (non-hydrogen) atoms. The first-order valence-electron chi connectivity index (χ1n) is 6.86. The van der Waals surface area contributed by atoms with Crippen LogP contribution < -0.4 is 5.73 Å². The van der Waals surface area contributed by atoms with E-state index in [0.717, 1.165) is 13.0 Å². The normalized spacial score (nSPS) is 19.4. The summed E-state index contributed by atoms with van der Waals surface area (Å²) in [4.78, 5) is 1.45. The quantitative estimate of drug-likeness (QED) is 0.927. The summed E-state index contributed by atoms with van der Waals surface area (Å²) in [5, 5.41) is 0.650. The van der Waals surface area contributed by atoms with Gasteiger partial charge in [0.25, 0.3) is 0 Å². The molecule has 1 aromatic carbocycles. The fourth-order valence-electron chi connectivity index (χ4n) is 2.72. The lowest BCUT2D eigenvalue weighted by Gasteiger charge is -2.14. The van der Waals surface area contributed by atoms with E-state index >= 15 is 0 Å². The van der Waals surface area contributed by atoms with Gasteiger partial charge in [0.05, 0.1) is 0 Å². The molecule has 2 aromatic rings. The van der Waals surface area contributed by atoms with Crippen LogP contribution in [0.3, 0.4) is 0 Å². The number of thioether (sulfide) groups is 1. The topological polar surface area (TPSA) is 30.9 Å². The van der Waals surface area contributed by atoms with Crippen molar-refractivity contribution in [3.05, 3.63) is 53.9 Å². The molecule has 0 radical (unpaired) electrons. The predicted octanol–water partition coefficient (Wildman–Crippen LogP) is 3.09. The minimum atomic E-state index is 0.224. The number of fused-ring (bicyclic) bond motifs is 1. The Labute approximate surface area is 119 Å². The third-order valence-electron chi connectivity index (χ3n) is 3.57. The van der Waals surface area contributed by atoms with Crippen molar-refractivity contribution in [1.82, 2.24) is 4.57 Å². The molecule has 2 nitrogen and oxygen atoms in total. The minimum Gasteiger partial charge on any atom is -0.350 e. The molecule has 2 N–H and O–H groups in total. The Morgan fingerprint density at radius 3 is 2.95 bits per heavy atom. The molecule has 2 heterocycles. The number of hydrogen-bond donors (Lipinski definition) is 1. The average Bonchev–Trinajstić information content (AvgIpc) is 2.95. The fraction of sp³-hybridized carbons (Fsp3) is 0.375. The molecular weight excluding hydrogens is 252 g/mol. The molecule has 0 aliphatic carbocycles. The smallest absolute Gasteiger partial charge is 0.0348 e. The van der Waals surface area contributed by atoms with E-state index in [9.17, 15) is 0 Å². The van der Waals surface area contributed by atoms with Crippen molar-refractivity contribution in [3.63, 3.8) is 0 Å². The molecular formula is C16H20N2S. The van der Waals surface area contributed by atoms with E-state index in [4.69, 9.17) is 5.73 Å². The first-order valence-corrected chi connectivity index (χ1v) is 7.74. The predicted molar refractivity (Wildman–Crippen MR) is 81.6 cm³/mol. The molecule has 0 fully saturated rings. The summed E-state index contributed by atoms with van der Waals surface area (Å²) in [6.45, 7) is 3.14. The van der Waals surface area contributed by atoms with Crippen molar-refractivity contribution in [1.29, 1.82) is 0 Å². The zero-order chi connectivity index (χ0) is 13.2. The zero-order valence-electron chi connectivity index (χ0n) is 11.3. The van der Waals surface area contributed by atoms with E-state index < -0.39 is 0 Å². The van der Waals surface area contributed by atoms with Gasteiger partial charge in [-0.25, -0.2) is 0 Å². The molecule has 1 aliphatic heterocycles. The van der Waals surface area contributed by atoms with Gasteiger partial charge < -0.3 is 10.3 Å². The standard InChI is InChI=1S/C16H20N2S/c1-12(17)9-14-6-4-8-18(14)11-15-10-13-5-2-3-7-16(13)19-15/h2-8,12,15H,9-11,17H2,1H3. The number of rotatable bonds is 4. The van der Waals surface area contributed by atoms with Crippen molar-refractivity contribution >= 4 is 11.8 Å². The van der Waals surface area contributed by atoms with Crippen molar-refractivity contribution in [2.45, 2.75) is 42.5 Å². The molecule has 0 saturated carbocycles. The summed E-state index contributed by atoms with van der Waals surface area (Å²) < 4.78 is 2.37. The van der Waals surface area contributed by atoms with E-state index in [-0.39, 0.29) is 6.04 Å². The first kappa shape index (κ1) is 12.8. The molecule has 3 heteroatoms. The Bertz CT molecular complexity index is 534. The van der Waals surface area contributed by atoms with Gasteiger partial charge in [0.15, 0.2) is 0 Å². The van der Waals surface area contributed by atoms with Crippen molar-refractivity contribution in [2.24, 2.45) is 5.73 Å². The molecule has 0 spiro atoms. The van der Waals surface area contributed by atoms with Crippen LogP contribution in [-0.2, 0) is 19.4 Å². The van der Waals surface area contributed by atoms with E-state index in [1.807, 2.05) is 11.8 Å². The van der Waals surface area contributed by atoms with Crippen LogP contribution in [0.2, 0.25) is 0 Å². The summed E-state index contributed by atoms with van der Waals surface area (Å²) in [7, 11) is 0. The van der Waals surface area contributed by atoms with Gasteiger partial charge in [-0.1, -0.05) is 18.2 Å². The maximum atomic E-state index is 5.91. The lowest BCUT2D eigenvalue weighted by molar-refractivity contribution is 0.611. The van der Waals surface area contributed by atoms with Crippen molar-refractivity contribution in [3.8, 4) is 0 Å². The van der Waals surface area contributed by atoms with Gasteiger partial charge in [-0.3, -0.25) is 0 Å². The summed E-state index contributed by atoms with van der Waals surface area (Å²) >= 11 is 2.01. The van der Waals surface area contributed by atoms with E-state index in [1.165, 1.54) is 22.6 Å². The maximum absolute atomic E-state index is 5.91. The number of hydrogen-bond acceptors (Lipinski definition) is 2. The highest BCUT2D eigenvalue weighted by Crippen LogP contribution is 2.37. The van der Waals surface area contributed by atoms with E-state index in [0.29, 0.717) is 5.25 Å². The Hall–Kier alpha value is -1.19. The van der Waals surface area contributed by atoms with Crippen LogP contribution in [0.5, 0.6) is 0 Å². The third-order valence-corrected chi connectivity index (χ3v) is 4.87. The molecule has 0 amide bonds. The number of nitrogens with two attached hydrogens (primary N) is 1. The molecule has 2 atom stereocenters. The van der Waals surface area contributed by atoms with Gasteiger partial charge in [-0.05, 0) is 37.1 Å². The highest BCUT2D eigenvalue weighted by Gasteiger charge is 2.22. The number of nitrogens with zero attached hydrogens (tertiary/aromatic N) is 1. The molecule has 100 valence electrons. The Morgan fingerprint density at radius 2 is 2.16 bits per heavy atom. The van der Waals surface area contributed by atoms with Crippen molar-refractivity contribution < 1.29 is 0 Å². The van der Waals surface area contributed by atoms with Gasteiger partial charge in [0.1, 0.15) is 0 Å². The Balaban J connectivity index is 1.69. The summed E-state index contributed by atoms with van der Waals surface area (Å²) in [6.07, 6.45) is 4.31. The molecule has 3 rings (SSSR count). The van der Waals surface area contributed by atoms with Crippen LogP contribution in [0.15, 0.2) is 47.5 Å². The van der Waals surface area contributed by atoms with Crippen LogP contribution in [0.25, 0.3) is 0 Å². The Kier molecular flexibility index (Phi) is 3.67. The van der Waals surface area contributed by atoms with Crippen LogP contribution >= 0.6 is 11.8 Å². The van der Waals surface area contributed by atoms with Crippen LogP contribution in [-0.4, -0.2) is 15.9 Å². The Morgan fingerprint density at radius 1 is 1.32 bits per heavy atom. The van der Waals surface area contributed by atoms with Crippen molar-refractivity contribution in [2.75, 3.05) is 0 Å². The third kappa shape index (κ3) is 2.88. The lowest BCUT2D eigenvalue weighted by atomic mass is 10.1. The second-order valence-electron chi connectivity index (χ2n) is 5.39.